The summed E-state index contributed by atoms with van der Waals surface area (Å²) in [6, 6.07) is -1.92. The summed E-state index contributed by atoms with van der Waals surface area (Å²) in [6.45, 7) is 4.62. The monoisotopic (exact) mass is 359 g/mol. The third-order valence-corrected chi connectivity index (χ3v) is 5.04. The Hall–Kier alpha value is -1.28. The molecule has 1 saturated heterocycles. The quantitative estimate of drug-likeness (QED) is 0.455. The summed E-state index contributed by atoms with van der Waals surface area (Å²) in [7, 11) is 0. The molecule has 0 spiro atoms. The molecule has 1 aliphatic rings. The molecule has 138 valence electrons. The Balaban J connectivity index is 2.72. The molecule has 4 atom stereocenters. The Morgan fingerprint density at radius 2 is 2.04 bits per heavy atom. The number of carboxylic acids is 1. The lowest BCUT2D eigenvalue weighted by atomic mass is 9.97. The number of hydrogen-bond donors (Lipinski definition) is 4. The van der Waals surface area contributed by atoms with Crippen LogP contribution in [0.15, 0.2) is 0 Å². The topological polar surface area (TPSA) is 108 Å². The molecule has 7 nitrogen and oxygen atoms in total. The van der Waals surface area contributed by atoms with E-state index < -0.39 is 24.0 Å². The van der Waals surface area contributed by atoms with Gasteiger partial charge in [0, 0.05) is 0 Å². The lowest BCUT2D eigenvalue weighted by molar-refractivity contribution is -0.142. The van der Waals surface area contributed by atoms with Crippen LogP contribution < -0.4 is 16.0 Å². The highest BCUT2D eigenvalue weighted by atomic mass is 32.2. The van der Waals surface area contributed by atoms with E-state index in [1.807, 2.05) is 20.1 Å². The first-order chi connectivity index (χ1) is 11.4. The Labute approximate surface area is 147 Å². The minimum atomic E-state index is -1.05. The summed E-state index contributed by atoms with van der Waals surface area (Å²) in [5.41, 5.74) is 0. The lowest BCUT2D eigenvalue weighted by Crippen LogP contribution is -2.56. The molecule has 1 rings (SSSR count). The molecule has 0 aliphatic carbocycles. The molecule has 4 unspecified atom stereocenters. The second kappa shape index (κ2) is 10.6. The van der Waals surface area contributed by atoms with Crippen LogP contribution >= 0.6 is 11.8 Å². The van der Waals surface area contributed by atoms with Crippen LogP contribution in [0.1, 0.15) is 39.5 Å². The number of thioether (sulfide) groups is 1. The normalized spacial score (nSPS) is 20.9. The molecule has 1 heterocycles. The summed E-state index contributed by atoms with van der Waals surface area (Å²) in [4.78, 5) is 36.2. The summed E-state index contributed by atoms with van der Waals surface area (Å²) in [6.07, 6.45) is 4.64. The van der Waals surface area contributed by atoms with Gasteiger partial charge in [-0.3, -0.25) is 9.59 Å². The zero-order valence-electron chi connectivity index (χ0n) is 14.6. The summed E-state index contributed by atoms with van der Waals surface area (Å²) in [5.74, 6) is -1.11. The van der Waals surface area contributed by atoms with E-state index >= 15 is 0 Å². The maximum Gasteiger partial charge on any atom is 0.326 e. The first-order valence-electron chi connectivity index (χ1n) is 8.46. The highest BCUT2D eigenvalue weighted by Crippen LogP contribution is 2.12. The van der Waals surface area contributed by atoms with Crippen molar-refractivity contribution in [3.8, 4) is 0 Å². The van der Waals surface area contributed by atoms with Crippen molar-refractivity contribution in [2.45, 2.75) is 57.7 Å². The van der Waals surface area contributed by atoms with Gasteiger partial charge in [0.25, 0.3) is 0 Å². The zero-order chi connectivity index (χ0) is 18.1. The van der Waals surface area contributed by atoms with Crippen molar-refractivity contribution in [1.82, 2.24) is 16.0 Å². The van der Waals surface area contributed by atoms with Crippen LogP contribution in [0.5, 0.6) is 0 Å². The average Bonchev–Trinajstić information content (AvgIpc) is 3.09. The number of nitrogens with one attached hydrogen (secondary N) is 3. The molecule has 1 fully saturated rings. The van der Waals surface area contributed by atoms with Gasteiger partial charge in [-0.25, -0.2) is 4.79 Å². The fourth-order valence-corrected chi connectivity index (χ4v) is 3.09. The Bertz CT molecular complexity index is 441. The largest absolute Gasteiger partial charge is 0.480 e. The van der Waals surface area contributed by atoms with Gasteiger partial charge in [0.05, 0.1) is 6.04 Å². The van der Waals surface area contributed by atoms with E-state index in [-0.39, 0.29) is 17.9 Å². The van der Waals surface area contributed by atoms with Crippen LogP contribution in [-0.2, 0) is 14.4 Å². The Morgan fingerprint density at radius 3 is 2.54 bits per heavy atom. The highest BCUT2D eigenvalue weighted by molar-refractivity contribution is 7.98. The highest BCUT2D eigenvalue weighted by Gasteiger charge is 2.32. The average molecular weight is 359 g/mol. The van der Waals surface area contributed by atoms with Gasteiger partial charge in [-0.1, -0.05) is 20.3 Å². The molecule has 0 saturated carbocycles. The smallest absolute Gasteiger partial charge is 0.326 e. The first-order valence-corrected chi connectivity index (χ1v) is 9.85. The molecule has 0 aromatic carbocycles. The third kappa shape index (κ3) is 6.32. The summed E-state index contributed by atoms with van der Waals surface area (Å²) in [5, 5.41) is 17.7. The first kappa shape index (κ1) is 20.8. The van der Waals surface area contributed by atoms with E-state index in [2.05, 4.69) is 16.0 Å². The maximum absolute atomic E-state index is 12.6. The van der Waals surface area contributed by atoms with Crippen molar-refractivity contribution in [3.05, 3.63) is 0 Å². The van der Waals surface area contributed by atoms with E-state index in [1.54, 1.807) is 0 Å². The fraction of sp³-hybridized carbons (Fsp3) is 0.812. The molecule has 24 heavy (non-hydrogen) atoms. The molecule has 2 amide bonds. The van der Waals surface area contributed by atoms with Gasteiger partial charge >= 0.3 is 5.97 Å². The van der Waals surface area contributed by atoms with Crippen molar-refractivity contribution in [2.75, 3.05) is 18.6 Å². The van der Waals surface area contributed by atoms with Crippen molar-refractivity contribution < 1.29 is 19.5 Å². The second-order valence-corrected chi connectivity index (χ2v) is 7.19. The van der Waals surface area contributed by atoms with Gasteiger partial charge in [-0.15, -0.1) is 0 Å². The van der Waals surface area contributed by atoms with E-state index in [4.69, 9.17) is 0 Å². The zero-order valence-corrected chi connectivity index (χ0v) is 15.4. The van der Waals surface area contributed by atoms with Crippen molar-refractivity contribution in [3.63, 3.8) is 0 Å². The molecular weight excluding hydrogens is 330 g/mol. The lowest BCUT2D eigenvalue weighted by Gasteiger charge is -2.26. The van der Waals surface area contributed by atoms with Crippen molar-refractivity contribution in [2.24, 2.45) is 5.92 Å². The minimum Gasteiger partial charge on any atom is -0.480 e. The van der Waals surface area contributed by atoms with Gasteiger partial charge < -0.3 is 21.1 Å². The van der Waals surface area contributed by atoms with Crippen LogP contribution in [0.2, 0.25) is 0 Å². The minimum absolute atomic E-state index is 0.0784. The number of carbonyl (C=O) groups excluding carboxylic acids is 2. The van der Waals surface area contributed by atoms with Gasteiger partial charge in [-0.2, -0.15) is 11.8 Å². The van der Waals surface area contributed by atoms with Crippen LogP contribution in [0.3, 0.4) is 0 Å². The second-order valence-electron chi connectivity index (χ2n) is 6.20. The molecule has 0 aromatic rings. The molecule has 8 heteroatoms. The number of rotatable bonds is 10. The van der Waals surface area contributed by atoms with Crippen LogP contribution in [0.4, 0.5) is 0 Å². The fourth-order valence-electron chi connectivity index (χ4n) is 2.62. The van der Waals surface area contributed by atoms with Crippen molar-refractivity contribution >= 4 is 29.5 Å². The van der Waals surface area contributed by atoms with Crippen LogP contribution in [0, 0.1) is 5.92 Å². The molecule has 4 N–H and O–H groups in total. The van der Waals surface area contributed by atoms with E-state index in [0.717, 1.165) is 19.4 Å². The number of carboxylic acid groups (broad SMARTS) is 1. The predicted molar refractivity (Wildman–Crippen MR) is 95.0 cm³/mol. The van der Waals surface area contributed by atoms with Gasteiger partial charge in [0.15, 0.2) is 0 Å². The van der Waals surface area contributed by atoms with Crippen LogP contribution in [0.25, 0.3) is 0 Å². The van der Waals surface area contributed by atoms with Gasteiger partial charge in [-0.05, 0) is 43.7 Å². The molecule has 0 aromatic heterocycles. The van der Waals surface area contributed by atoms with E-state index in [1.165, 1.54) is 11.8 Å². The SMILES string of the molecule is CCC(C)C(NC(=O)C1CCCN1)C(=O)NC(CCSC)C(=O)O. The maximum atomic E-state index is 12.6. The molecule has 0 bridgehead atoms. The number of hydrogen-bond acceptors (Lipinski definition) is 5. The van der Waals surface area contributed by atoms with E-state index in [9.17, 15) is 19.5 Å². The van der Waals surface area contributed by atoms with Crippen LogP contribution in [-0.4, -0.2) is 59.6 Å². The number of aliphatic carboxylic acids is 1. The Morgan fingerprint density at radius 1 is 1.33 bits per heavy atom. The molecular formula is C16H29N3O4S. The van der Waals surface area contributed by atoms with Gasteiger partial charge in [0.2, 0.25) is 11.8 Å². The number of amides is 2. The molecule has 0 radical (unpaired) electrons. The predicted octanol–water partition coefficient (Wildman–Crippen LogP) is 0.592. The third-order valence-electron chi connectivity index (χ3n) is 4.40. The number of carbonyl (C=O) groups is 3. The van der Waals surface area contributed by atoms with E-state index in [0.29, 0.717) is 18.6 Å². The standard InChI is InChI=1S/C16H29N3O4S/c1-4-10(2)13(19-14(20)11-6-5-8-17-11)15(21)18-12(16(22)23)7-9-24-3/h10-13,17H,4-9H2,1-3H3,(H,18,21)(H,19,20)(H,22,23). The Kier molecular flexibility index (Phi) is 9.13. The van der Waals surface area contributed by atoms with Crippen molar-refractivity contribution in [1.29, 1.82) is 0 Å². The molecule has 1 aliphatic heterocycles. The summed E-state index contributed by atoms with van der Waals surface area (Å²) >= 11 is 1.53. The summed E-state index contributed by atoms with van der Waals surface area (Å²) < 4.78 is 0. The van der Waals surface area contributed by atoms with Gasteiger partial charge in [0.1, 0.15) is 12.1 Å².